The van der Waals surface area contributed by atoms with Crippen LogP contribution < -0.4 is 0 Å². The van der Waals surface area contributed by atoms with E-state index >= 15 is 0 Å². The lowest BCUT2D eigenvalue weighted by Crippen LogP contribution is -2.16. The number of nitrogens with zero attached hydrogens (tertiary/aromatic N) is 1. The zero-order chi connectivity index (χ0) is 28.5. The zero-order valence-electron chi connectivity index (χ0n) is 26.5. The van der Waals surface area contributed by atoms with E-state index < -0.39 is 5.91 Å². The van der Waals surface area contributed by atoms with Gasteiger partial charge in [0.05, 0.1) is 0 Å². The fourth-order valence-electron chi connectivity index (χ4n) is 5.75. The molecule has 0 rings (SSSR count). The highest BCUT2D eigenvalue weighted by atomic mass is 35.5. The van der Waals surface area contributed by atoms with Gasteiger partial charge in [0.25, 0.3) is 5.91 Å². The number of rotatable bonds is 33. The number of unbranched alkanes of at least 4 members (excludes halogenated alkanes) is 31. The zero-order valence-corrected chi connectivity index (χ0v) is 27.3. The third-order valence-electron chi connectivity index (χ3n) is 8.45. The largest absolute Gasteiger partial charge is 0.271 e. The lowest BCUT2D eigenvalue weighted by atomic mass is 10.0. The molecule has 0 bridgehead atoms. The predicted octanol–water partition coefficient (Wildman–Crippen LogP) is 13.3. The molecule has 0 atom stereocenters. The van der Waals surface area contributed by atoms with Crippen molar-refractivity contribution < 1.29 is 10.0 Å². The number of hydroxylamine groups is 1. The van der Waals surface area contributed by atoms with Gasteiger partial charge >= 0.3 is 0 Å². The highest BCUT2D eigenvalue weighted by Gasteiger charge is 2.06. The first kappa shape index (κ1) is 38.7. The van der Waals surface area contributed by atoms with Crippen molar-refractivity contribution >= 4 is 17.7 Å². The summed E-state index contributed by atoms with van der Waals surface area (Å²) in [7, 11) is 0. The molecule has 0 spiro atoms. The van der Waals surface area contributed by atoms with Gasteiger partial charge in [-0.1, -0.05) is 206 Å². The topological polar surface area (TPSA) is 40.5 Å². The Kier molecular flexibility index (Phi) is 33.7. The smallest absolute Gasteiger partial charge is 0.261 e. The molecule has 0 aliphatic heterocycles. The Morgan fingerprint density at radius 3 is 0.769 bits per heavy atom. The SMILES string of the molecule is CCCCCCCCCCCCCCCCCCCCCCCCCCCCCCCCCCC(=O)N(O)Cl. The summed E-state index contributed by atoms with van der Waals surface area (Å²) in [5, 5.41) is 8.79. The fourth-order valence-corrected chi connectivity index (χ4v) is 5.83. The van der Waals surface area contributed by atoms with Gasteiger partial charge in [-0.2, -0.15) is 0 Å². The Morgan fingerprint density at radius 1 is 0.410 bits per heavy atom. The molecule has 1 amide bonds. The van der Waals surface area contributed by atoms with Crippen molar-refractivity contribution in [1.82, 2.24) is 4.58 Å². The molecule has 0 saturated heterocycles. The van der Waals surface area contributed by atoms with E-state index in [9.17, 15) is 4.79 Å². The average molecular weight is 572 g/mol. The van der Waals surface area contributed by atoms with Crippen molar-refractivity contribution in [2.75, 3.05) is 0 Å². The van der Waals surface area contributed by atoms with Gasteiger partial charge in [-0.3, -0.25) is 10.0 Å². The van der Waals surface area contributed by atoms with E-state index in [4.69, 9.17) is 17.0 Å². The van der Waals surface area contributed by atoms with E-state index in [2.05, 4.69) is 6.92 Å². The molecule has 0 heterocycles. The maximum Gasteiger partial charge on any atom is 0.261 e. The van der Waals surface area contributed by atoms with Gasteiger partial charge in [-0.25, -0.2) is 0 Å². The summed E-state index contributed by atoms with van der Waals surface area (Å²) in [6, 6.07) is 0. The molecule has 0 saturated carbocycles. The van der Waals surface area contributed by atoms with Crippen molar-refractivity contribution in [1.29, 1.82) is 0 Å². The van der Waals surface area contributed by atoms with Crippen LogP contribution in [0.3, 0.4) is 0 Å². The lowest BCUT2D eigenvalue weighted by Gasteiger charge is -2.05. The Bertz CT molecular complexity index is 472. The van der Waals surface area contributed by atoms with Crippen LogP contribution in [0.15, 0.2) is 0 Å². The first-order valence-electron chi connectivity index (χ1n) is 17.9. The first-order valence-corrected chi connectivity index (χ1v) is 18.2. The van der Waals surface area contributed by atoms with E-state index in [1.54, 1.807) is 0 Å². The highest BCUT2D eigenvalue weighted by molar-refractivity contribution is 6.19. The fraction of sp³-hybridized carbons (Fsp3) is 0.971. The van der Waals surface area contributed by atoms with Gasteiger partial charge in [0, 0.05) is 18.2 Å². The maximum absolute atomic E-state index is 11.2. The monoisotopic (exact) mass is 572 g/mol. The van der Waals surface area contributed by atoms with E-state index in [-0.39, 0.29) is 4.58 Å². The van der Waals surface area contributed by atoms with E-state index in [0.29, 0.717) is 6.42 Å². The van der Waals surface area contributed by atoms with Crippen LogP contribution in [0.1, 0.15) is 219 Å². The Hall–Kier alpha value is -0.280. The molecule has 0 aliphatic rings. The molecule has 0 fully saturated rings. The summed E-state index contributed by atoms with van der Waals surface area (Å²) in [4.78, 5) is 11.2. The third-order valence-corrected chi connectivity index (χ3v) is 8.64. The summed E-state index contributed by atoms with van der Waals surface area (Å²) in [5.74, 6) is -0.401. The lowest BCUT2D eigenvalue weighted by molar-refractivity contribution is -0.146. The van der Waals surface area contributed by atoms with Crippen molar-refractivity contribution in [2.45, 2.75) is 219 Å². The number of hydrogen-bond acceptors (Lipinski definition) is 2. The van der Waals surface area contributed by atoms with Crippen LogP contribution in [-0.4, -0.2) is 15.7 Å². The molecule has 0 aromatic rings. The van der Waals surface area contributed by atoms with E-state index in [1.807, 2.05) is 0 Å². The van der Waals surface area contributed by atoms with Crippen LogP contribution in [0.2, 0.25) is 0 Å². The van der Waals surface area contributed by atoms with Gasteiger partial charge in [-0.15, -0.1) is 4.58 Å². The second-order valence-corrected chi connectivity index (χ2v) is 12.7. The first-order chi connectivity index (χ1) is 19.2. The summed E-state index contributed by atoms with van der Waals surface area (Å²) >= 11 is 5.19. The second-order valence-electron chi connectivity index (χ2n) is 12.4. The van der Waals surface area contributed by atoms with Crippen molar-refractivity contribution in [3.8, 4) is 0 Å². The molecule has 0 radical (unpaired) electrons. The maximum atomic E-state index is 11.2. The average Bonchev–Trinajstić information content (AvgIpc) is 2.93. The predicted molar refractivity (Wildman–Crippen MR) is 173 cm³/mol. The van der Waals surface area contributed by atoms with Crippen LogP contribution in [-0.2, 0) is 4.79 Å². The highest BCUT2D eigenvalue weighted by Crippen LogP contribution is 2.17. The summed E-state index contributed by atoms with van der Waals surface area (Å²) in [6.45, 7) is 2.30. The number of carbonyl (C=O) groups is 1. The van der Waals surface area contributed by atoms with Gasteiger partial charge in [-0.05, 0) is 6.42 Å². The molecule has 3 nitrogen and oxygen atoms in total. The number of halogens is 1. The van der Waals surface area contributed by atoms with E-state index in [0.717, 1.165) is 12.8 Å². The summed E-state index contributed by atoms with van der Waals surface area (Å²) in [6.07, 6.45) is 45.1. The quantitative estimate of drug-likeness (QED) is 0.0368. The molecule has 234 valence electrons. The molecule has 39 heavy (non-hydrogen) atoms. The van der Waals surface area contributed by atoms with Crippen molar-refractivity contribution in [2.24, 2.45) is 0 Å². The molecule has 0 unspecified atom stereocenters. The van der Waals surface area contributed by atoms with Gasteiger partial charge in [0.1, 0.15) is 0 Å². The minimum absolute atomic E-state index is 0.183. The summed E-state index contributed by atoms with van der Waals surface area (Å²) in [5.41, 5.74) is 0. The third kappa shape index (κ3) is 33.8. The van der Waals surface area contributed by atoms with E-state index in [1.165, 1.54) is 193 Å². The van der Waals surface area contributed by atoms with Crippen LogP contribution in [0.5, 0.6) is 0 Å². The van der Waals surface area contributed by atoms with Crippen LogP contribution in [0.25, 0.3) is 0 Å². The minimum atomic E-state index is -0.401. The Morgan fingerprint density at radius 2 is 0.590 bits per heavy atom. The Labute approximate surface area is 250 Å². The van der Waals surface area contributed by atoms with Crippen LogP contribution in [0.4, 0.5) is 0 Å². The molecule has 0 aromatic heterocycles. The number of amides is 1. The van der Waals surface area contributed by atoms with Gasteiger partial charge in [0.2, 0.25) is 0 Å². The van der Waals surface area contributed by atoms with Crippen molar-refractivity contribution in [3.63, 3.8) is 0 Å². The minimum Gasteiger partial charge on any atom is -0.271 e. The molecular formula is C35H70ClNO2. The van der Waals surface area contributed by atoms with Crippen LogP contribution >= 0.6 is 11.8 Å². The number of hydrogen-bond donors (Lipinski definition) is 1. The molecule has 0 aliphatic carbocycles. The molecule has 0 aromatic carbocycles. The van der Waals surface area contributed by atoms with Crippen molar-refractivity contribution in [3.05, 3.63) is 0 Å². The molecule has 4 heteroatoms. The summed E-state index contributed by atoms with van der Waals surface area (Å²) < 4.78 is 0.183. The number of carbonyl (C=O) groups excluding carboxylic acids is 1. The van der Waals surface area contributed by atoms with Gasteiger partial charge < -0.3 is 0 Å². The van der Waals surface area contributed by atoms with Crippen LogP contribution in [0, 0.1) is 0 Å². The normalized spacial score (nSPS) is 11.4. The Balaban J connectivity index is 3.05. The second kappa shape index (κ2) is 33.9. The molecule has 1 N–H and O–H groups in total. The van der Waals surface area contributed by atoms with Gasteiger partial charge in [0.15, 0.2) is 0 Å². The standard InChI is InChI=1S/C35H70ClNO2/c1-2-3-4-5-6-7-8-9-10-11-12-13-14-15-16-17-18-19-20-21-22-23-24-25-26-27-28-29-30-31-32-33-34-35(38)37(36)39/h39H,2-34H2,1H3. The molecular weight excluding hydrogens is 502 g/mol.